The molecular weight excluding hydrogens is 432 g/mol. The average Bonchev–Trinajstić information content (AvgIpc) is 3.37. The number of anilines is 1. The fourth-order valence-corrected chi connectivity index (χ4v) is 3.34. The number of carbonyl (C=O) groups excluding carboxylic acids is 1. The summed E-state index contributed by atoms with van der Waals surface area (Å²) in [6, 6.07) is 8.85. The molecule has 0 radical (unpaired) electrons. The van der Waals surface area contributed by atoms with Crippen LogP contribution in [0, 0.1) is 11.8 Å². The van der Waals surface area contributed by atoms with E-state index < -0.39 is 36.6 Å². The molecule has 6 N–H and O–H groups in total. The van der Waals surface area contributed by atoms with E-state index in [1.54, 1.807) is 31.2 Å². The van der Waals surface area contributed by atoms with Gasteiger partial charge in [0.15, 0.2) is 23.8 Å². The third-order valence-corrected chi connectivity index (χ3v) is 4.97. The minimum atomic E-state index is -1.52. The highest BCUT2D eigenvalue weighted by atomic mass is 16.7. The van der Waals surface area contributed by atoms with Crippen LogP contribution >= 0.6 is 0 Å². The molecule has 2 aromatic heterocycles. The maximum absolute atomic E-state index is 12.2. The first-order valence-corrected chi connectivity index (χ1v) is 10.1. The summed E-state index contributed by atoms with van der Waals surface area (Å²) in [5, 5.41) is 31.0. The molecule has 1 aliphatic heterocycles. The zero-order valence-corrected chi connectivity index (χ0v) is 17.5. The number of imidazole rings is 1. The summed E-state index contributed by atoms with van der Waals surface area (Å²) in [5.41, 5.74) is 9.13. The molecule has 12 nitrogen and oxygen atoms in total. The Hall–Kier alpha value is -3.60. The van der Waals surface area contributed by atoms with Gasteiger partial charge in [-0.1, -0.05) is 36.3 Å². The molecule has 33 heavy (non-hydrogen) atoms. The molecule has 3 aromatic rings. The van der Waals surface area contributed by atoms with Gasteiger partial charge in [-0.15, -0.1) is 0 Å². The summed E-state index contributed by atoms with van der Waals surface area (Å²) in [7, 11) is 0. The van der Waals surface area contributed by atoms with Gasteiger partial charge in [0.25, 0.3) is 5.91 Å². The van der Waals surface area contributed by atoms with E-state index in [4.69, 9.17) is 15.3 Å². The monoisotopic (exact) mass is 454 g/mol. The second kappa shape index (κ2) is 9.49. The van der Waals surface area contributed by atoms with Gasteiger partial charge in [-0.05, 0) is 18.4 Å². The lowest BCUT2D eigenvalue weighted by Crippen LogP contribution is -2.42. The molecule has 172 valence electrons. The Bertz CT molecular complexity index is 1210. The van der Waals surface area contributed by atoms with Gasteiger partial charge in [0.05, 0.1) is 12.9 Å². The molecular formula is C21H22N6O6. The lowest BCUT2D eigenvalue weighted by atomic mass is 10.1. The number of nitrogens with two attached hydrogens (primary N) is 1. The highest BCUT2D eigenvalue weighted by molar-refractivity contribution is 5.82. The van der Waals surface area contributed by atoms with Crippen LogP contribution in [0.25, 0.3) is 11.2 Å². The zero-order valence-electron chi connectivity index (χ0n) is 17.5. The number of rotatable bonds is 5. The number of fused-ring (bicyclic) bond motifs is 1. The molecule has 0 aliphatic carbocycles. The normalized spacial score (nSPS) is 23.2. The summed E-state index contributed by atoms with van der Waals surface area (Å²) < 4.78 is 6.91. The third kappa shape index (κ3) is 4.49. The van der Waals surface area contributed by atoms with Crippen molar-refractivity contribution in [2.75, 3.05) is 12.3 Å². The molecule has 1 amide bonds. The highest BCUT2D eigenvalue weighted by Gasteiger charge is 2.48. The Kier molecular flexibility index (Phi) is 6.50. The molecule has 0 unspecified atom stereocenters. The summed E-state index contributed by atoms with van der Waals surface area (Å²) in [4.78, 5) is 29.5. The SMILES string of the molecule is CCONC(=O)[C@H]1O[C@@H](n2cnc3c(N)nc(C#C[C@H](O)c4ccccc4)nc32)[C@H](O)[C@@H]1O. The van der Waals surface area contributed by atoms with Crippen molar-refractivity contribution < 1.29 is 29.7 Å². The van der Waals surface area contributed by atoms with Crippen LogP contribution in [0.5, 0.6) is 0 Å². The van der Waals surface area contributed by atoms with Crippen LogP contribution in [0.1, 0.15) is 30.6 Å². The predicted molar refractivity (Wildman–Crippen MR) is 114 cm³/mol. The molecule has 3 heterocycles. The number of aliphatic hydroxyl groups is 3. The molecule has 0 bridgehead atoms. The van der Waals surface area contributed by atoms with Gasteiger partial charge in [-0.3, -0.25) is 14.2 Å². The van der Waals surface area contributed by atoms with Crippen molar-refractivity contribution in [1.82, 2.24) is 25.0 Å². The number of nitrogen functional groups attached to an aromatic ring is 1. The number of nitrogens with one attached hydrogen (secondary N) is 1. The minimum Gasteiger partial charge on any atom is -0.387 e. The number of amides is 1. The lowest BCUT2D eigenvalue weighted by Gasteiger charge is -2.16. The number of aliphatic hydroxyl groups excluding tert-OH is 3. The van der Waals surface area contributed by atoms with Crippen LogP contribution < -0.4 is 11.2 Å². The predicted octanol–water partition coefficient (Wildman–Crippen LogP) is -0.819. The molecule has 1 aliphatic rings. The van der Waals surface area contributed by atoms with Crippen LogP contribution in [-0.2, 0) is 14.4 Å². The minimum absolute atomic E-state index is 0.00963. The first-order valence-electron chi connectivity index (χ1n) is 10.1. The summed E-state index contributed by atoms with van der Waals surface area (Å²) >= 11 is 0. The van der Waals surface area contributed by atoms with Crippen molar-refractivity contribution in [3.63, 3.8) is 0 Å². The number of ether oxygens (including phenoxy) is 1. The van der Waals surface area contributed by atoms with Crippen molar-refractivity contribution in [2.24, 2.45) is 0 Å². The van der Waals surface area contributed by atoms with Crippen molar-refractivity contribution >= 4 is 22.9 Å². The fraction of sp³-hybridized carbons (Fsp3) is 0.333. The fourth-order valence-electron chi connectivity index (χ4n) is 3.34. The number of nitrogens with zero attached hydrogens (tertiary/aromatic N) is 4. The van der Waals surface area contributed by atoms with Gasteiger partial charge in [0, 0.05) is 0 Å². The zero-order chi connectivity index (χ0) is 23.5. The number of hydroxylamine groups is 1. The van der Waals surface area contributed by atoms with Crippen LogP contribution in [0.15, 0.2) is 36.7 Å². The van der Waals surface area contributed by atoms with Gasteiger partial charge in [-0.25, -0.2) is 20.4 Å². The van der Waals surface area contributed by atoms with Crippen LogP contribution in [0.2, 0.25) is 0 Å². The Balaban J connectivity index is 1.63. The van der Waals surface area contributed by atoms with Gasteiger partial charge >= 0.3 is 0 Å². The van der Waals surface area contributed by atoms with E-state index in [1.807, 2.05) is 6.07 Å². The second-order valence-electron chi connectivity index (χ2n) is 7.17. The second-order valence-corrected chi connectivity index (χ2v) is 7.17. The van der Waals surface area contributed by atoms with Crippen molar-refractivity contribution in [3.8, 4) is 11.8 Å². The number of hydrogen-bond donors (Lipinski definition) is 5. The van der Waals surface area contributed by atoms with Gasteiger partial charge in [0.2, 0.25) is 5.82 Å². The first-order chi connectivity index (χ1) is 15.9. The van der Waals surface area contributed by atoms with Crippen LogP contribution in [0.4, 0.5) is 5.82 Å². The summed E-state index contributed by atoms with van der Waals surface area (Å²) in [5.74, 6) is 4.62. The molecule has 1 saturated heterocycles. The Morgan fingerprint density at radius 2 is 2.06 bits per heavy atom. The lowest BCUT2D eigenvalue weighted by molar-refractivity contribution is -0.150. The number of carbonyl (C=O) groups is 1. The van der Waals surface area contributed by atoms with Gasteiger partial charge in [-0.2, -0.15) is 0 Å². The Morgan fingerprint density at radius 3 is 2.79 bits per heavy atom. The first kappa shape index (κ1) is 22.6. The van der Waals surface area contributed by atoms with E-state index in [2.05, 4.69) is 32.3 Å². The Morgan fingerprint density at radius 1 is 1.30 bits per heavy atom. The third-order valence-electron chi connectivity index (χ3n) is 4.97. The Labute approximate surface area is 188 Å². The molecule has 12 heteroatoms. The van der Waals surface area contributed by atoms with E-state index >= 15 is 0 Å². The van der Waals surface area contributed by atoms with E-state index in [1.165, 1.54) is 10.9 Å². The van der Waals surface area contributed by atoms with Crippen LogP contribution in [0.3, 0.4) is 0 Å². The van der Waals surface area contributed by atoms with Crippen molar-refractivity contribution in [1.29, 1.82) is 0 Å². The maximum Gasteiger partial charge on any atom is 0.275 e. The average molecular weight is 454 g/mol. The number of benzene rings is 1. The van der Waals surface area contributed by atoms with E-state index in [0.717, 1.165) is 0 Å². The molecule has 0 saturated carbocycles. The van der Waals surface area contributed by atoms with E-state index in [0.29, 0.717) is 5.56 Å². The smallest absolute Gasteiger partial charge is 0.275 e. The largest absolute Gasteiger partial charge is 0.387 e. The molecule has 4 rings (SSSR count). The molecule has 1 fully saturated rings. The standard InChI is InChI=1S/C21H22N6O6/c1-2-32-26-20(31)17-15(29)16(30)21(33-17)27-10-23-14-18(22)24-13(25-19(14)27)9-8-12(28)11-6-4-3-5-7-11/h3-7,10,12,15-17,21,28-30H,2H2,1H3,(H,26,31)(H2,22,24,25)/t12-,15-,16+,17-,21+/m0/s1. The van der Waals surface area contributed by atoms with Crippen molar-refractivity contribution in [3.05, 3.63) is 48.0 Å². The highest BCUT2D eigenvalue weighted by Crippen LogP contribution is 2.32. The molecule has 0 spiro atoms. The number of aromatic nitrogens is 4. The van der Waals surface area contributed by atoms with E-state index in [9.17, 15) is 20.1 Å². The van der Waals surface area contributed by atoms with E-state index in [-0.39, 0.29) is 29.4 Å². The van der Waals surface area contributed by atoms with Gasteiger partial charge < -0.3 is 25.8 Å². The molecule has 1 aromatic carbocycles. The van der Waals surface area contributed by atoms with Crippen LogP contribution in [-0.4, -0.2) is 65.7 Å². The topological polar surface area (TPSA) is 178 Å². The quantitative estimate of drug-likeness (QED) is 0.242. The molecule has 5 atom stereocenters. The maximum atomic E-state index is 12.2. The summed E-state index contributed by atoms with van der Waals surface area (Å²) in [6.07, 6.45) is -5.31. The van der Waals surface area contributed by atoms with Crippen molar-refractivity contribution in [2.45, 2.75) is 37.6 Å². The summed E-state index contributed by atoms with van der Waals surface area (Å²) in [6.45, 7) is 1.89. The van der Waals surface area contributed by atoms with Gasteiger partial charge in [0.1, 0.15) is 23.8 Å². The number of hydrogen-bond acceptors (Lipinski definition) is 10.